The van der Waals surface area contributed by atoms with Crippen LogP contribution in [0, 0.1) is 11.8 Å². The Labute approximate surface area is 106 Å². The number of hydrogen-bond acceptors (Lipinski definition) is 2. The van der Waals surface area contributed by atoms with E-state index in [2.05, 4.69) is 17.2 Å². The molecular formula is C14H15NO3. The van der Waals surface area contributed by atoms with Gasteiger partial charge < -0.3 is 10.4 Å². The van der Waals surface area contributed by atoms with Crippen LogP contribution in [0.25, 0.3) is 0 Å². The van der Waals surface area contributed by atoms with Crippen molar-refractivity contribution in [3.63, 3.8) is 0 Å². The van der Waals surface area contributed by atoms with Gasteiger partial charge in [0, 0.05) is 18.9 Å². The summed E-state index contributed by atoms with van der Waals surface area (Å²) in [7, 11) is 0. The van der Waals surface area contributed by atoms with Gasteiger partial charge in [-0.05, 0) is 24.1 Å². The summed E-state index contributed by atoms with van der Waals surface area (Å²) < 4.78 is 0. The zero-order valence-corrected chi connectivity index (χ0v) is 10.2. The maximum atomic E-state index is 10.6. The highest BCUT2D eigenvalue weighted by molar-refractivity contribution is 5.73. The van der Waals surface area contributed by atoms with Gasteiger partial charge in [-0.2, -0.15) is 0 Å². The lowest BCUT2D eigenvalue weighted by Crippen LogP contribution is -2.19. The summed E-state index contributed by atoms with van der Waals surface area (Å²) in [5, 5.41) is 11.2. The molecule has 2 N–H and O–H groups in total. The van der Waals surface area contributed by atoms with Crippen molar-refractivity contribution in [2.75, 3.05) is 6.54 Å². The number of aryl methyl sites for hydroxylation is 1. The number of rotatable bonds is 4. The van der Waals surface area contributed by atoms with Crippen LogP contribution in [0.15, 0.2) is 24.3 Å². The van der Waals surface area contributed by atoms with E-state index in [1.165, 1.54) is 6.92 Å². The van der Waals surface area contributed by atoms with E-state index >= 15 is 0 Å². The van der Waals surface area contributed by atoms with E-state index in [1.54, 1.807) is 0 Å². The number of carbonyl (C=O) groups is 2. The third-order valence-corrected chi connectivity index (χ3v) is 2.21. The van der Waals surface area contributed by atoms with Crippen molar-refractivity contribution < 1.29 is 14.7 Å². The first kappa shape index (κ1) is 13.8. The van der Waals surface area contributed by atoms with E-state index in [1.807, 2.05) is 24.3 Å². The Kier molecular flexibility index (Phi) is 5.46. The Balaban J connectivity index is 2.58. The van der Waals surface area contributed by atoms with Crippen molar-refractivity contribution in [3.8, 4) is 11.8 Å². The fourth-order valence-electron chi connectivity index (χ4n) is 1.37. The molecule has 1 aromatic carbocycles. The molecule has 0 aliphatic rings. The van der Waals surface area contributed by atoms with Gasteiger partial charge in [0.05, 0.1) is 6.54 Å². The molecule has 0 radical (unpaired) electrons. The third kappa shape index (κ3) is 5.71. The quantitative estimate of drug-likeness (QED) is 0.783. The average Bonchev–Trinajstić information content (AvgIpc) is 2.32. The number of amides is 1. The fraction of sp³-hybridized carbons (Fsp3) is 0.286. The predicted molar refractivity (Wildman–Crippen MR) is 68.0 cm³/mol. The number of benzene rings is 1. The summed E-state index contributed by atoms with van der Waals surface area (Å²) in [6, 6.07) is 7.44. The second-order valence-electron chi connectivity index (χ2n) is 3.81. The lowest BCUT2D eigenvalue weighted by molar-refractivity contribution is -0.137. The Bertz CT molecular complexity index is 497. The first-order valence-corrected chi connectivity index (χ1v) is 5.62. The van der Waals surface area contributed by atoms with E-state index < -0.39 is 5.97 Å². The predicted octanol–water partition coefficient (Wildman–Crippen LogP) is 1.19. The Morgan fingerprint density at radius 3 is 2.83 bits per heavy atom. The summed E-state index contributed by atoms with van der Waals surface area (Å²) in [5.74, 6) is 4.82. The highest BCUT2D eigenvalue weighted by atomic mass is 16.4. The first-order chi connectivity index (χ1) is 8.58. The van der Waals surface area contributed by atoms with E-state index in [4.69, 9.17) is 5.11 Å². The summed E-state index contributed by atoms with van der Waals surface area (Å²) in [5.41, 5.74) is 1.77. The maximum Gasteiger partial charge on any atom is 0.303 e. The molecule has 0 aromatic heterocycles. The van der Waals surface area contributed by atoms with Gasteiger partial charge in [-0.25, -0.2) is 0 Å². The van der Waals surface area contributed by atoms with E-state index in [0.29, 0.717) is 13.0 Å². The Hall–Kier alpha value is -2.28. The molecule has 0 fully saturated rings. The second kappa shape index (κ2) is 7.13. The number of hydrogen-bond donors (Lipinski definition) is 2. The molecule has 18 heavy (non-hydrogen) atoms. The SMILES string of the molecule is CC(=O)NCC#Cc1cccc(CCC(=O)O)c1. The zero-order valence-electron chi connectivity index (χ0n) is 10.2. The summed E-state index contributed by atoms with van der Waals surface area (Å²) in [6.07, 6.45) is 0.610. The lowest BCUT2D eigenvalue weighted by atomic mass is 10.1. The smallest absolute Gasteiger partial charge is 0.303 e. The molecule has 0 atom stereocenters. The van der Waals surface area contributed by atoms with Crippen LogP contribution in [-0.4, -0.2) is 23.5 Å². The van der Waals surface area contributed by atoms with Gasteiger partial charge in [0.1, 0.15) is 0 Å². The molecule has 0 bridgehead atoms. The summed E-state index contributed by atoms with van der Waals surface area (Å²) in [4.78, 5) is 21.1. The molecule has 0 unspecified atom stereocenters. The summed E-state index contributed by atoms with van der Waals surface area (Å²) >= 11 is 0. The van der Waals surface area contributed by atoms with Crippen molar-refractivity contribution in [2.45, 2.75) is 19.8 Å². The Morgan fingerprint density at radius 1 is 1.39 bits per heavy atom. The van der Waals surface area contributed by atoms with Crippen LogP contribution >= 0.6 is 0 Å². The minimum atomic E-state index is -0.808. The average molecular weight is 245 g/mol. The van der Waals surface area contributed by atoms with Gasteiger partial charge in [-0.3, -0.25) is 9.59 Å². The monoisotopic (exact) mass is 245 g/mol. The fourth-order valence-corrected chi connectivity index (χ4v) is 1.37. The van der Waals surface area contributed by atoms with Gasteiger partial charge in [0.15, 0.2) is 0 Å². The first-order valence-electron chi connectivity index (χ1n) is 5.62. The molecule has 4 nitrogen and oxygen atoms in total. The van der Waals surface area contributed by atoms with Crippen LogP contribution in [-0.2, 0) is 16.0 Å². The molecule has 1 amide bonds. The molecule has 4 heteroatoms. The van der Waals surface area contributed by atoms with E-state index in [9.17, 15) is 9.59 Å². The maximum absolute atomic E-state index is 10.6. The number of carboxylic acids is 1. The Morgan fingerprint density at radius 2 is 2.17 bits per heavy atom. The standard InChI is InChI=1S/C14H15NO3/c1-11(16)15-9-3-6-12-4-2-5-13(10-12)7-8-14(17)18/h2,4-5,10H,7-9H2,1H3,(H,15,16)(H,17,18). The minimum absolute atomic E-state index is 0.112. The normalized spacial score (nSPS) is 9.17. The highest BCUT2D eigenvalue weighted by Gasteiger charge is 1.99. The van der Waals surface area contributed by atoms with Crippen LogP contribution in [0.3, 0.4) is 0 Å². The molecule has 0 saturated heterocycles. The zero-order chi connectivity index (χ0) is 13.4. The minimum Gasteiger partial charge on any atom is -0.481 e. The van der Waals surface area contributed by atoms with Crippen molar-refractivity contribution in [3.05, 3.63) is 35.4 Å². The van der Waals surface area contributed by atoms with Crippen LogP contribution in [0.1, 0.15) is 24.5 Å². The van der Waals surface area contributed by atoms with Crippen LogP contribution < -0.4 is 5.32 Å². The molecule has 0 saturated carbocycles. The molecule has 1 rings (SSSR count). The van der Waals surface area contributed by atoms with Crippen molar-refractivity contribution in [2.24, 2.45) is 0 Å². The molecule has 0 aliphatic heterocycles. The number of nitrogens with one attached hydrogen (secondary N) is 1. The van der Waals surface area contributed by atoms with Gasteiger partial charge in [-0.1, -0.05) is 24.0 Å². The molecule has 1 aromatic rings. The van der Waals surface area contributed by atoms with Gasteiger partial charge in [0.25, 0.3) is 0 Å². The largest absolute Gasteiger partial charge is 0.481 e. The number of carbonyl (C=O) groups excluding carboxylic acids is 1. The van der Waals surface area contributed by atoms with Crippen molar-refractivity contribution in [1.29, 1.82) is 0 Å². The number of aliphatic carboxylic acids is 1. The highest BCUT2D eigenvalue weighted by Crippen LogP contribution is 2.06. The number of carboxylic acid groups (broad SMARTS) is 1. The van der Waals surface area contributed by atoms with Crippen LogP contribution in [0.5, 0.6) is 0 Å². The van der Waals surface area contributed by atoms with Gasteiger partial charge >= 0.3 is 5.97 Å². The van der Waals surface area contributed by atoms with Crippen molar-refractivity contribution in [1.82, 2.24) is 5.32 Å². The van der Waals surface area contributed by atoms with Gasteiger partial charge in [0.2, 0.25) is 5.91 Å². The topological polar surface area (TPSA) is 66.4 Å². The van der Waals surface area contributed by atoms with E-state index in [-0.39, 0.29) is 12.3 Å². The second-order valence-corrected chi connectivity index (χ2v) is 3.81. The van der Waals surface area contributed by atoms with Gasteiger partial charge in [-0.15, -0.1) is 0 Å². The van der Waals surface area contributed by atoms with Crippen LogP contribution in [0.4, 0.5) is 0 Å². The molecular weight excluding hydrogens is 230 g/mol. The molecule has 94 valence electrons. The lowest BCUT2D eigenvalue weighted by Gasteiger charge is -1.99. The molecule has 0 heterocycles. The molecule has 0 spiro atoms. The summed E-state index contributed by atoms with van der Waals surface area (Å²) in [6.45, 7) is 1.75. The molecule has 0 aliphatic carbocycles. The third-order valence-electron chi connectivity index (χ3n) is 2.21. The van der Waals surface area contributed by atoms with Crippen LogP contribution in [0.2, 0.25) is 0 Å². The van der Waals surface area contributed by atoms with E-state index in [0.717, 1.165) is 11.1 Å². The van der Waals surface area contributed by atoms with Crippen molar-refractivity contribution >= 4 is 11.9 Å².